The molecule has 0 N–H and O–H groups in total. The van der Waals surface area contributed by atoms with Gasteiger partial charge in [-0.25, -0.2) is 4.79 Å². The van der Waals surface area contributed by atoms with Gasteiger partial charge in [0, 0.05) is 22.2 Å². The lowest BCUT2D eigenvalue weighted by Gasteiger charge is -2.02. The molecule has 0 aromatic heterocycles. The minimum atomic E-state index is -0.894. The van der Waals surface area contributed by atoms with Gasteiger partial charge in [0.2, 0.25) is 0 Å². The maximum absolute atomic E-state index is 11.3. The highest BCUT2D eigenvalue weighted by atomic mass is 35.5. The summed E-state index contributed by atoms with van der Waals surface area (Å²) in [6.45, 7) is 1.77. The van der Waals surface area contributed by atoms with Crippen LogP contribution in [0.25, 0.3) is 0 Å². The number of carbonyl (C=O) groups excluding carboxylic acids is 2. The molecule has 2 rings (SSSR count). The molecule has 0 radical (unpaired) electrons. The Morgan fingerprint density at radius 3 is 1.75 bits per heavy atom. The number of ether oxygens (including phenoxy) is 1. The number of hydrogen-bond donors (Lipinski definition) is 0. The molecule has 0 unspecified atom stereocenters. The second-order valence-electron chi connectivity index (χ2n) is 4.83. The van der Waals surface area contributed by atoms with E-state index in [1.54, 1.807) is 6.92 Å². The van der Waals surface area contributed by atoms with E-state index in [1.807, 2.05) is 0 Å². The lowest BCUT2D eigenvalue weighted by atomic mass is 10.2. The predicted molar refractivity (Wildman–Crippen MR) is 102 cm³/mol. The van der Waals surface area contributed by atoms with Crippen molar-refractivity contribution in [3.63, 3.8) is 0 Å². The van der Waals surface area contributed by atoms with E-state index in [4.69, 9.17) is 34.8 Å². The first kappa shape index (κ1) is 23.3. The highest BCUT2D eigenvalue weighted by molar-refractivity contribution is 6.68. The summed E-state index contributed by atoms with van der Waals surface area (Å²) in [4.78, 5) is 41.7. The van der Waals surface area contributed by atoms with Crippen molar-refractivity contribution >= 4 is 57.4 Å². The van der Waals surface area contributed by atoms with Gasteiger partial charge in [0.25, 0.3) is 16.6 Å². The number of hydrogen-bond acceptors (Lipinski definition) is 7. The van der Waals surface area contributed by atoms with Crippen molar-refractivity contribution in [3.05, 3.63) is 77.8 Å². The zero-order chi connectivity index (χ0) is 21.4. The largest absolute Gasteiger partial charge is 0.462 e. The number of nitrogens with zero attached hydrogens (tertiary/aromatic N) is 2. The molecule has 28 heavy (non-hydrogen) atoms. The third kappa shape index (κ3) is 6.45. The fraction of sp³-hybridized carbons (Fsp3) is 0.125. The van der Waals surface area contributed by atoms with Gasteiger partial charge in [-0.1, -0.05) is 23.2 Å². The summed E-state index contributed by atoms with van der Waals surface area (Å²) in [5, 5.41) is 20.6. The van der Waals surface area contributed by atoms with Crippen molar-refractivity contribution in [2.45, 2.75) is 6.92 Å². The Kier molecular flexibility index (Phi) is 8.77. The van der Waals surface area contributed by atoms with Crippen LogP contribution in [-0.2, 0) is 4.74 Å². The Hall–Kier alpha value is -2.75. The van der Waals surface area contributed by atoms with Crippen LogP contribution in [0.15, 0.2) is 36.4 Å². The maximum Gasteiger partial charge on any atom is 0.345 e. The molecule has 0 aliphatic rings. The minimum absolute atomic E-state index is 0.130. The summed E-state index contributed by atoms with van der Waals surface area (Å²) in [7, 11) is 0. The van der Waals surface area contributed by atoms with E-state index in [2.05, 4.69) is 4.74 Å². The normalized spacial score (nSPS) is 9.71. The van der Waals surface area contributed by atoms with Crippen molar-refractivity contribution in [1.29, 1.82) is 0 Å². The Balaban J connectivity index is 0.000000283. The van der Waals surface area contributed by atoms with Gasteiger partial charge in [0.05, 0.1) is 16.5 Å². The van der Waals surface area contributed by atoms with Crippen LogP contribution < -0.4 is 0 Å². The lowest BCUT2D eigenvalue weighted by molar-refractivity contribution is -0.385. The van der Waals surface area contributed by atoms with Crippen molar-refractivity contribution < 1.29 is 24.2 Å². The van der Waals surface area contributed by atoms with Gasteiger partial charge in [-0.2, -0.15) is 0 Å². The Bertz CT molecular complexity index is 934. The number of esters is 1. The van der Waals surface area contributed by atoms with Gasteiger partial charge in [-0.15, -0.1) is 0 Å². The van der Waals surface area contributed by atoms with E-state index in [0.717, 1.165) is 12.1 Å². The van der Waals surface area contributed by atoms with Crippen LogP contribution in [0.1, 0.15) is 27.6 Å². The number of halogens is 3. The molecular weight excluding hydrogens is 439 g/mol. The van der Waals surface area contributed by atoms with Crippen LogP contribution in [0.3, 0.4) is 0 Å². The molecule has 0 amide bonds. The summed E-state index contributed by atoms with van der Waals surface area (Å²) in [5.74, 6) is -0.744. The molecule has 0 aliphatic heterocycles. The third-order valence-electron chi connectivity index (χ3n) is 3.02. The standard InChI is InChI=1S/C9H8ClNO4.C7H3Cl2NO3/c1-2-15-9(12)7-5-6(10)3-4-8(7)11(13)14;8-4-1-2-6(10(12)13)5(3-4)7(9)11/h3-5H,2H2,1H3;1-3H. The molecule has 2 aromatic carbocycles. The molecule has 0 saturated carbocycles. The smallest absolute Gasteiger partial charge is 0.345 e. The Morgan fingerprint density at radius 2 is 1.36 bits per heavy atom. The van der Waals surface area contributed by atoms with Crippen LogP contribution in [0, 0.1) is 20.2 Å². The topological polar surface area (TPSA) is 130 Å². The zero-order valence-corrected chi connectivity index (χ0v) is 16.3. The summed E-state index contributed by atoms with van der Waals surface area (Å²) in [6, 6.07) is 7.37. The van der Waals surface area contributed by atoms with E-state index in [-0.39, 0.29) is 39.2 Å². The number of benzene rings is 2. The molecule has 0 fully saturated rings. The van der Waals surface area contributed by atoms with Crippen molar-refractivity contribution in [1.82, 2.24) is 0 Å². The average molecular weight is 450 g/mol. The quantitative estimate of drug-likeness (QED) is 0.270. The highest BCUT2D eigenvalue weighted by Crippen LogP contribution is 2.24. The van der Waals surface area contributed by atoms with Gasteiger partial charge < -0.3 is 4.74 Å². The number of rotatable bonds is 5. The third-order valence-corrected chi connectivity index (χ3v) is 3.69. The van der Waals surface area contributed by atoms with Crippen molar-refractivity contribution in [2.75, 3.05) is 6.61 Å². The van der Waals surface area contributed by atoms with E-state index in [1.165, 1.54) is 24.3 Å². The lowest BCUT2D eigenvalue weighted by Crippen LogP contribution is -2.07. The molecule has 12 heteroatoms. The first-order valence-corrected chi connectivity index (χ1v) is 8.46. The first-order valence-electron chi connectivity index (χ1n) is 7.33. The van der Waals surface area contributed by atoms with Crippen LogP contribution in [0.2, 0.25) is 10.0 Å². The summed E-state index contributed by atoms with van der Waals surface area (Å²) in [5.41, 5.74) is -0.976. The highest BCUT2D eigenvalue weighted by Gasteiger charge is 2.21. The van der Waals surface area contributed by atoms with Gasteiger partial charge >= 0.3 is 5.97 Å². The maximum atomic E-state index is 11.3. The summed E-state index contributed by atoms with van der Waals surface area (Å²) >= 11 is 16.3. The van der Waals surface area contributed by atoms with Crippen molar-refractivity contribution in [3.8, 4) is 0 Å². The minimum Gasteiger partial charge on any atom is -0.462 e. The second kappa shape index (κ2) is 10.5. The molecule has 0 heterocycles. The van der Waals surface area contributed by atoms with E-state index >= 15 is 0 Å². The Labute approximate surface area is 173 Å². The number of nitro benzene ring substituents is 2. The first-order chi connectivity index (χ1) is 13.1. The van der Waals surface area contributed by atoms with Crippen LogP contribution >= 0.6 is 34.8 Å². The fourth-order valence-electron chi connectivity index (χ4n) is 1.86. The predicted octanol–water partition coefficient (Wildman–Crippen LogP) is 5.05. The molecule has 0 atom stereocenters. The van der Waals surface area contributed by atoms with Crippen LogP contribution in [0.5, 0.6) is 0 Å². The molecule has 0 aliphatic carbocycles. The van der Waals surface area contributed by atoms with Gasteiger partial charge in [0.15, 0.2) is 0 Å². The number of carbonyl (C=O) groups is 2. The molecule has 0 bridgehead atoms. The zero-order valence-electron chi connectivity index (χ0n) is 14.1. The molecule has 9 nitrogen and oxygen atoms in total. The van der Waals surface area contributed by atoms with Gasteiger partial charge in [0.1, 0.15) is 11.1 Å². The molecular formula is C16H11Cl3N2O7. The van der Waals surface area contributed by atoms with Gasteiger partial charge in [-0.05, 0) is 42.8 Å². The van der Waals surface area contributed by atoms with Gasteiger partial charge in [-0.3, -0.25) is 25.0 Å². The van der Waals surface area contributed by atoms with E-state index in [9.17, 15) is 29.8 Å². The summed E-state index contributed by atoms with van der Waals surface area (Å²) < 4.78 is 4.67. The number of nitro groups is 2. The van der Waals surface area contributed by atoms with E-state index < -0.39 is 21.1 Å². The molecule has 0 saturated heterocycles. The Morgan fingerprint density at radius 1 is 0.929 bits per heavy atom. The molecule has 148 valence electrons. The monoisotopic (exact) mass is 448 g/mol. The van der Waals surface area contributed by atoms with Crippen molar-refractivity contribution in [2.24, 2.45) is 0 Å². The van der Waals surface area contributed by atoms with Crippen LogP contribution in [-0.4, -0.2) is 27.7 Å². The fourth-order valence-corrected chi connectivity index (χ4v) is 2.36. The average Bonchev–Trinajstić information content (AvgIpc) is 2.61. The molecule has 0 spiro atoms. The second-order valence-corrected chi connectivity index (χ2v) is 6.05. The van der Waals surface area contributed by atoms with Crippen LogP contribution in [0.4, 0.5) is 11.4 Å². The van der Waals surface area contributed by atoms with E-state index in [0.29, 0.717) is 0 Å². The molecule has 2 aromatic rings. The summed E-state index contributed by atoms with van der Waals surface area (Å²) in [6.07, 6.45) is 0. The SMILES string of the molecule is CCOC(=O)c1cc(Cl)ccc1[N+](=O)[O-].O=C(Cl)c1cc(Cl)ccc1[N+](=O)[O-].